The summed E-state index contributed by atoms with van der Waals surface area (Å²) >= 11 is 7.63. The topological polar surface area (TPSA) is 80.0 Å². The van der Waals surface area contributed by atoms with Crippen LogP contribution in [-0.2, 0) is 0 Å². The average molecular weight is 473 g/mol. The number of halogens is 3. The first-order valence-electron chi connectivity index (χ1n) is 10.4. The summed E-state index contributed by atoms with van der Waals surface area (Å²) in [5.74, 6) is -0.344. The standard InChI is InChI=1S/C22H19ClF2N6S/c23-13-7-12-17(28-10-29-20(12)31-5-3-22(4-6-31)8-27-9-22)16(25)15(13)11-1-2-14(24)19-18(11)30-21(26)32-19/h1-2,7,10,27H,3-6,8-9H2,(H2,26,30). The third kappa shape index (κ3) is 2.95. The predicted octanol–water partition coefficient (Wildman–Crippen LogP) is 4.61. The minimum Gasteiger partial charge on any atom is -0.375 e. The Balaban J connectivity index is 1.48. The van der Waals surface area contributed by atoms with Gasteiger partial charge in [0, 0.05) is 42.7 Å². The maximum absolute atomic E-state index is 15.8. The number of benzene rings is 2. The normalized spacial score (nSPS) is 17.9. The van der Waals surface area contributed by atoms with E-state index < -0.39 is 11.6 Å². The van der Waals surface area contributed by atoms with Crippen LogP contribution in [0.3, 0.4) is 0 Å². The van der Waals surface area contributed by atoms with Gasteiger partial charge in [-0.05, 0) is 36.5 Å². The molecule has 6 rings (SSSR count). The van der Waals surface area contributed by atoms with E-state index in [0.717, 1.165) is 50.4 Å². The second-order valence-electron chi connectivity index (χ2n) is 8.56. The van der Waals surface area contributed by atoms with Gasteiger partial charge >= 0.3 is 0 Å². The fourth-order valence-electron chi connectivity index (χ4n) is 4.83. The molecule has 0 amide bonds. The number of thiazole rings is 1. The van der Waals surface area contributed by atoms with E-state index in [9.17, 15) is 4.39 Å². The van der Waals surface area contributed by atoms with Crippen molar-refractivity contribution < 1.29 is 8.78 Å². The van der Waals surface area contributed by atoms with E-state index in [1.54, 1.807) is 6.07 Å². The van der Waals surface area contributed by atoms with Crippen LogP contribution in [0.2, 0.25) is 5.02 Å². The average Bonchev–Trinajstić information content (AvgIpc) is 3.16. The quantitative estimate of drug-likeness (QED) is 0.443. The minimum atomic E-state index is -0.577. The van der Waals surface area contributed by atoms with Gasteiger partial charge < -0.3 is 16.0 Å². The van der Waals surface area contributed by atoms with Gasteiger partial charge in [-0.1, -0.05) is 22.9 Å². The molecule has 10 heteroatoms. The third-order valence-corrected chi connectivity index (χ3v) is 7.90. The molecular weight excluding hydrogens is 454 g/mol. The molecular formula is C22H19ClF2N6S. The number of fused-ring (bicyclic) bond motifs is 2. The number of nitrogens with zero attached hydrogens (tertiary/aromatic N) is 4. The van der Waals surface area contributed by atoms with Crippen LogP contribution in [0.15, 0.2) is 24.5 Å². The summed E-state index contributed by atoms with van der Waals surface area (Å²) in [6, 6.07) is 4.45. The van der Waals surface area contributed by atoms with Crippen LogP contribution < -0.4 is 16.0 Å². The molecule has 0 radical (unpaired) electrons. The Hall–Kier alpha value is -2.62. The lowest BCUT2D eigenvalue weighted by Crippen LogP contribution is -2.58. The molecule has 1 spiro atoms. The van der Waals surface area contributed by atoms with Gasteiger partial charge in [-0.2, -0.15) is 0 Å². The molecule has 2 aromatic heterocycles. The molecule has 164 valence electrons. The van der Waals surface area contributed by atoms with Gasteiger partial charge in [-0.3, -0.25) is 0 Å². The zero-order chi connectivity index (χ0) is 22.0. The second kappa shape index (κ2) is 7.19. The van der Waals surface area contributed by atoms with E-state index in [-0.39, 0.29) is 31.5 Å². The van der Waals surface area contributed by atoms with Gasteiger partial charge in [0.25, 0.3) is 0 Å². The molecule has 3 N–H and O–H groups in total. The zero-order valence-electron chi connectivity index (χ0n) is 17.0. The molecule has 2 aromatic carbocycles. The second-order valence-corrected chi connectivity index (χ2v) is 9.99. The smallest absolute Gasteiger partial charge is 0.181 e. The molecule has 2 aliphatic heterocycles. The Morgan fingerprint density at radius 3 is 2.62 bits per heavy atom. The zero-order valence-corrected chi connectivity index (χ0v) is 18.5. The molecule has 4 aromatic rings. The summed E-state index contributed by atoms with van der Waals surface area (Å²) in [5, 5.41) is 4.33. The van der Waals surface area contributed by atoms with Crippen molar-refractivity contribution in [2.45, 2.75) is 12.8 Å². The number of hydrogen-bond donors (Lipinski definition) is 2. The highest BCUT2D eigenvalue weighted by atomic mass is 35.5. The molecule has 0 saturated carbocycles. The first-order chi connectivity index (χ1) is 15.5. The molecule has 0 atom stereocenters. The van der Waals surface area contributed by atoms with Crippen LogP contribution >= 0.6 is 22.9 Å². The Morgan fingerprint density at radius 2 is 1.91 bits per heavy atom. The number of piperidine rings is 1. The summed E-state index contributed by atoms with van der Waals surface area (Å²) in [6.07, 6.45) is 3.52. The number of aromatic nitrogens is 3. The van der Waals surface area contributed by atoms with Gasteiger partial charge in [0.2, 0.25) is 0 Å². The number of nitrogens with two attached hydrogens (primary N) is 1. The molecule has 6 nitrogen and oxygen atoms in total. The number of nitrogen functional groups attached to an aromatic ring is 1. The third-order valence-electron chi connectivity index (χ3n) is 6.71. The fourth-order valence-corrected chi connectivity index (χ4v) is 5.89. The molecule has 2 aliphatic rings. The Bertz CT molecular complexity index is 1380. The fraction of sp³-hybridized carbons (Fsp3) is 0.318. The first-order valence-corrected chi connectivity index (χ1v) is 11.6. The van der Waals surface area contributed by atoms with Crippen molar-refractivity contribution in [2.24, 2.45) is 5.41 Å². The van der Waals surface area contributed by atoms with E-state index in [0.29, 0.717) is 22.2 Å². The summed E-state index contributed by atoms with van der Waals surface area (Å²) in [7, 11) is 0. The van der Waals surface area contributed by atoms with Crippen molar-refractivity contribution in [3.05, 3.63) is 41.2 Å². The largest absolute Gasteiger partial charge is 0.375 e. The van der Waals surface area contributed by atoms with E-state index in [1.165, 1.54) is 18.5 Å². The minimum absolute atomic E-state index is 0.136. The van der Waals surface area contributed by atoms with Gasteiger partial charge in [-0.15, -0.1) is 0 Å². The summed E-state index contributed by atoms with van der Waals surface area (Å²) in [4.78, 5) is 15.1. The molecule has 4 heterocycles. The van der Waals surface area contributed by atoms with Crippen LogP contribution in [0, 0.1) is 17.0 Å². The molecule has 0 bridgehead atoms. The number of nitrogens with one attached hydrogen (secondary N) is 1. The lowest BCUT2D eigenvalue weighted by Gasteiger charge is -2.48. The van der Waals surface area contributed by atoms with E-state index in [4.69, 9.17) is 17.3 Å². The van der Waals surface area contributed by atoms with Crippen LogP contribution in [0.4, 0.5) is 19.7 Å². The monoisotopic (exact) mass is 472 g/mol. The number of rotatable bonds is 2. The Labute approximate surface area is 191 Å². The molecule has 2 saturated heterocycles. The maximum atomic E-state index is 15.8. The van der Waals surface area contributed by atoms with Crippen molar-refractivity contribution in [1.29, 1.82) is 0 Å². The highest BCUT2D eigenvalue weighted by molar-refractivity contribution is 7.22. The highest BCUT2D eigenvalue weighted by Gasteiger charge is 2.40. The van der Waals surface area contributed by atoms with Gasteiger partial charge in [0.15, 0.2) is 10.9 Å². The van der Waals surface area contributed by atoms with Gasteiger partial charge in [0.1, 0.15) is 23.5 Å². The molecule has 32 heavy (non-hydrogen) atoms. The lowest BCUT2D eigenvalue weighted by molar-refractivity contribution is 0.126. The van der Waals surface area contributed by atoms with E-state index in [2.05, 4.69) is 25.2 Å². The van der Waals surface area contributed by atoms with Gasteiger partial charge in [-0.25, -0.2) is 23.7 Å². The van der Waals surface area contributed by atoms with Gasteiger partial charge in [0.05, 0.1) is 15.2 Å². The Morgan fingerprint density at radius 1 is 1.12 bits per heavy atom. The van der Waals surface area contributed by atoms with Crippen LogP contribution in [0.5, 0.6) is 0 Å². The summed E-state index contributed by atoms with van der Waals surface area (Å²) in [5.41, 5.74) is 7.17. The molecule has 0 unspecified atom stereocenters. The SMILES string of the molecule is Nc1nc2c(-c3c(Cl)cc4c(N5CCC6(CC5)CNC6)ncnc4c3F)ccc(F)c2s1. The number of anilines is 2. The van der Waals surface area contributed by atoms with Crippen molar-refractivity contribution >= 4 is 55.0 Å². The summed E-state index contributed by atoms with van der Waals surface area (Å²) < 4.78 is 30.4. The van der Waals surface area contributed by atoms with Crippen molar-refractivity contribution in [3.8, 4) is 11.1 Å². The van der Waals surface area contributed by atoms with Crippen molar-refractivity contribution in [1.82, 2.24) is 20.3 Å². The van der Waals surface area contributed by atoms with Crippen LogP contribution in [0.25, 0.3) is 32.2 Å². The number of hydrogen-bond acceptors (Lipinski definition) is 7. The lowest BCUT2D eigenvalue weighted by atomic mass is 9.73. The van der Waals surface area contributed by atoms with E-state index in [1.807, 2.05) is 0 Å². The van der Waals surface area contributed by atoms with Crippen LogP contribution in [-0.4, -0.2) is 41.1 Å². The summed E-state index contributed by atoms with van der Waals surface area (Å²) in [6.45, 7) is 3.82. The Kier molecular flexibility index (Phi) is 4.50. The highest BCUT2D eigenvalue weighted by Crippen LogP contribution is 2.43. The predicted molar refractivity (Wildman–Crippen MR) is 124 cm³/mol. The molecule has 2 fully saturated rings. The van der Waals surface area contributed by atoms with Crippen molar-refractivity contribution in [2.75, 3.05) is 36.8 Å². The maximum Gasteiger partial charge on any atom is 0.181 e. The van der Waals surface area contributed by atoms with E-state index >= 15 is 4.39 Å². The van der Waals surface area contributed by atoms with Crippen molar-refractivity contribution in [3.63, 3.8) is 0 Å². The van der Waals surface area contributed by atoms with Crippen LogP contribution in [0.1, 0.15) is 12.8 Å². The first kappa shape index (κ1) is 20.0. The molecule has 0 aliphatic carbocycles.